The van der Waals surface area contributed by atoms with E-state index < -0.39 is 12.3 Å². The summed E-state index contributed by atoms with van der Waals surface area (Å²) in [7, 11) is 0. The molecular formula is C15H16FNO. The molecular weight excluding hydrogens is 229 g/mol. The summed E-state index contributed by atoms with van der Waals surface area (Å²) in [6.07, 6.45) is -1.93. The van der Waals surface area contributed by atoms with Crippen molar-refractivity contribution in [3.63, 3.8) is 0 Å². The van der Waals surface area contributed by atoms with E-state index in [2.05, 4.69) is 30.3 Å². The Morgan fingerprint density at radius 1 is 1.11 bits per heavy atom. The second kappa shape index (κ2) is 4.67. The van der Waals surface area contributed by atoms with Crippen molar-refractivity contribution in [3.8, 4) is 0 Å². The molecule has 2 aromatic rings. The van der Waals surface area contributed by atoms with Gasteiger partial charge in [-0.05, 0) is 22.4 Å². The summed E-state index contributed by atoms with van der Waals surface area (Å²) in [5.74, 6) is 0. The van der Waals surface area contributed by atoms with Gasteiger partial charge in [0.25, 0.3) is 0 Å². The summed E-state index contributed by atoms with van der Waals surface area (Å²) >= 11 is 0. The number of hydrogen-bond acceptors (Lipinski definition) is 2. The monoisotopic (exact) mass is 245 g/mol. The van der Waals surface area contributed by atoms with E-state index in [1.165, 1.54) is 10.8 Å². The largest absolute Gasteiger partial charge is 0.389 e. The molecule has 1 saturated heterocycles. The van der Waals surface area contributed by atoms with Crippen LogP contribution in [-0.2, 0) is 6.54 Å². The molecule has 2 atom stereocenters. The van der Waals surface area contributed by atoms with Gasteiger partial charge in [-0.25, -0.2) is 4.39 Å². The Kier molecular flexibility index (Phi) is 3.02. The molecule has 0 aliphatic carbocycles. The Morgan fingerprint density at radius 3 is 2.61 bits per heavy atom. The molecule has 0 bridgehead atoms. The molecule has 1 aliphatic rings. The van der Waals surface area contributed by atoms with E-state index in [9.17, 15) is 9.50 Å². The van der Waals surface area contributed by atoms with Crippen LogP contribution in [-0.4, -0.2) is 35.4 Å². The van der Waals surface area contributed by atoms with E-state index in [1.807, 2.05) is 17.0 Å². The highest BCUT2D eigenvalue weighted by Crippen LogP contribution is 2.20. The van der Waals surface area contributed by atoms with Crippen LogP contribution >= 0.6 is 0 Å². The lowest BCUT2D eigenvalue weighted by Crippen LogP contribution is -2.21. The van der Waals surface area contributed by atoms with Crippen molar-refractivity contribution in [1.29, 1.82) is 0 Å². The fourth-order valence-electron chi connectivity index (χ4n) is 2.55. The quantitative estimate of drug-likeness (QED) is 0.878. The molecule has 1 aliphatic heterocycles. The van der Waals surface area contributed by atoms with E-state index in [-0.39, 0.29) is 0 Å². The highest BCUT2D eigenvalue weighted by molar-refractivity contribution is 5.82. The molecule has 3 heteroatoms. The molecule has 0 radical (unpaired) electrons. The molecule has 0 aromatic heterocycles. The number of aliphatic hydroxyl groups excluding tert-OH is 1. The predicted octanol–water partition coefficient (Wildman–Crippen LogP) is 2.35. The zero-order chi connectivity index (χ0) is 12.5. The number of rotatable bonds is 2. The highest BCUT2D eigenvalue weighted by Gasteiger charge is 2.30. The third kappa shape index (κ3) is 2.24. The minimum atomic E-state index is -1.11. The SMILES string of the molecule is O[C@@H]1CN(Cc2ccc3ccccc3c2)C[C@H]1F. The van der Waals surface area contributed by atoms with Crippen molar-refractivity contribution in [3.05, 3.63) is 48.0 Å². The number of nitrogens with zero attached hydrogens (tertiary/aromatic N) is 1. The van der Waals surface area contributed by atoms with Gasteiger partial charge in [-0.3, -0.25) is 4.90 Å². The molecule has 18 heavy (non-hydrogen) atoms. The number of likely N-dealkylation sites (tertiary alicyclic amines) is 1. The van der Waals surface area contributed by atoms with Crippen LogP contribution in [0.25, 0.3) is 10.8 Å². The van der Waals surface area contributed by atoms with Gasteiger partial charge >= 0.3 is 0 Å². The number of β-amino-alcohol motifs (C(OH)–C–C–N with tert-alkyl or cyclic N) is 1. The predicted molar refractivity (Wildman–Crippen MR) is 70.1 cm³/mol. The Labute approximate surface area is 106 Å². The Balaban J connectivity index is 1.79. The van der Waals surface area contributed by atoms with Crippen molar-refractivity contribution in [2.75, 3.05) is 13.1 Å². The minimum Gasteiger partial charge on any atom is -0.389 e. The molecule has 2 nitrogen and oxygen atoms in total. The van der Waals surface area contributed by atoms with Crippen LogP contribution in [0.15, 0.2) is 42.5 Å². The first-order valence-corrected chi connectivity index (χ1v) is 6.24. The number of aliphatic hydroxyl groups is 1. The Morgan fingerprint density at radius 2 is 1.89 bits per heavy atom. The summed E-state index contributed by atoms with van der Waals surface area (Å²) < 4.78 is 13.2. The molecule has 0 saturated carbocycles. The summed E-state index contributed by atoms with van der Waals surface area (Å²) in [5.41, 5.74) is 1.16. The molecule has 1 heterocycles. The van der Waals surface area contributed by atoms with Crippen LogP contribution in [0.1, 0.15) is 5.56 Å². The Hall–Kier alpha value is -1.45. The lowest BCUT2D eigenvalue weighted by molar-refractivity contribution is 0.115. The third-order valence-corrected chi connectivity index (χ3v) is 3.52. The highest BCUT2D eigenvalue weighted by atomic mass is 19.1. The zero-order valence-electron chi connectivity index (χ0n) is 10.1. The van der Waals surface area contributed by atoms with Crippen molar-refractivity contribution < 1.29 is 9.50 Å². The third-order valence-electron chi connectivity index (χ3n) is 3.52. The second-order valence-electron chi connectivity index (χ2n) is 4.96. The second-order valence-corrected chi connectivity index (χ2v) is 4.96. The van der Waals surface area contributed by atoms with Gasteiger partial charge in [-0.1, -0.05) is 36.4 Å². The first-order valence-electron chi connectivity index (χ1n) is 6.24. The van der Waals surface area contributed by atoms with Crippen molar-refractivity contribution in [2.45, 2.75) is 18.8 Å². The number of hydrogen-bond donors (Lipinski definition) is 1. The maximum absolute atomic E-state index is 13.2. The first kappa shape index (κ1) is 11.6. The minimum absolute atomic E-state index is 0.327. The maximum Gasteiger partial charge on any atom is 0.140 e. The van der Waals surface area contributed by atoms with Crippen LogP contribution in [0.4, 0.5) is 4.39 Å². The molecule has 0 spiro atoms. The van der Waals surface area contributed by atoms with Crippen molar-refractivity contribution >= 4 is 10.8 Å². The van der Waals surface area contributed by atoms with Gasteiger partial charge in [-0.15, -0.1) is 0 Å². The molecule has 3 rings (SSSR count). The van der Waals surface area contributed by atoms with Crippen LogP contribution in [0, 0.1) is 0 Å². The van der Waals surface area contributed by atoms with E-state index in [4.69, 9.17) is 0 Å². The van der Waals surface area contributed by atoms with E-state index in [0.717, 1.165) is 5.56 Å². The Bertz CT molecular complexity index is 547. The number of fused-ring (bicyclic) bond motifs is 1. The van der Waals surface area contributed by atoms with Gasteiger partial charge < -0.3 is 5.11 Å². The molecule has 0 amide bonds. The van der Waals surface area contributed by atoms with E-state index in [1.54, 1.807) is 0 Å². The average molecular weight is 245 g/mol. The van der Waals surface area contributed by atoms with Gasteiger partial charge in [-0.2, -0.15) is 0 Å². The standard InChI is InChI=1S/C15H16FNO/c16-14-9-17(10-15(14)18)8-11-5-6-12-3-1-2-4-13(12)7-11/h1-7,14-15,18H,8-10H2/t14-,15-/m1/s1. The van der Waals surface area contributed by atoms with Gasteiger partial charge in [0.05, 0.1) is 6.10 Å². The topological polar surface area (TPSA) is 23.5 Å². The van der Waals surface area contributed by atoms with Crippen LogP contribution in [0.3, 0.4) is 0 Å². The van der Waals surface area contributed by atoms with Crippen molar-refractivity contribution in [2.24, 2.45) is 0 Å². The van der Waals surface area contributed by atoms with Crippen LogP contribution in [0.5, 0.6) is 0 Å². The normalized spacial score (nSPS) is 24.8. The number of benzene rings is 2. The molecule has 2 aromatic carbocycles. The smallest absolute Gasteiger partial charge is 0.140 e. The summed E-state index contributed by atoms with van der Waals surface area (Å²) in [6, 6.07) is 14.5. The van der Waals surface area contributed by atoms with Crippen molar-refractivity contribution in [1.82, 2.24) is 4.90 Å². The molecule has 0 unspecified atom stereocenters. The summed E-state index contributed by atoms with van der Waals surface area (Å²) in [4.78, 5) is 1.96. The van der Waals surface area contributed by atoms with Gasteiger partial charge in [0.2, 0.25) is 0 Å². The average Bonchev–Trinajstić information content (AvgIpc) is 2.68. The van der Waals surface area contributed by atoms with Crippen LogP contribution in [0.2, 0.25) is 0 Å². The number of halogens is 1. The van der Waals surface area contributed by atoms with Crippen LogP contribution < -0.4 is 0 Å². The fraction of sp³-hybridized carbons (Fsp3) is 0.333. The summed E-state index contributed by atoms with van der Waals surface area (Å²) in [5, 5.41) is 11.8. The van der Waals surface area contributed by atoms with Gasteiger partial charge in [0, 0.05) is 19.6 Å². The molecule has 1 fully saturated rings. The first-order chi connectivity index (χ1) is 8.72. The lowest BCUT2D eigenvalue weighted by atomic mass is 10.1. The zero-order valence-corrected chi connectivity index (χ0v) is 10.1. The van der Waals surface area contributed by atoms with E-state index in [0.29, 0.717) is 19.6 Å². The lowest BCUT2D eigenvalue weighted by Gasteiger charge is -2.14. The molecule has 1 N–H and O–H groups in total. The van der Waals surface area contributed by atoms with E-state index >= 15 is 0 Å². The fourth-order valence-corrected chi connectivity index (χ4v) is 2.55. The summed E-state index contributed by atoms with van der Waals surface area (Å²) in [6.45, 7) is 1.45. The number of alkyl halides is 1. The van der Waals surface area contributed by atoms with Gasteiger partial charge in [0.15, 0.2) is 0 Å². The maximum atomic E-state index is 13.2. The van der Waals surface area contributed by atoms with Gasteiger partial charge in [0.1, 0.15) is 6.17 Å². The molecule has 94 valence electrons.